The van der Waals surface area contributed by atoms with Crippen molar-refractivity contribution in [2.24, 2.45) is 0 Å². The molecule has 1 heterocycles. The van der Waals surface area contributed by atoms with Gasteiger partial charge in [0, 0.05) is 38.9 Å². The number of alkyl halides is 3. The predicted molar refractivity (Wildman–Crippen MR) is 160 cm³/mol. The van der Waals surface area contributed by atoms with Crippen molar-refractivity contribution in [1.82, 2.24) is 0 Å². The number of halogens is 3. The van der Waals surface area contributed by atoms with Gasteiger partial charge in [0.05, 0.1) is 0 Å². The minimum absolute atomic E-state index is 0.256. The Hall–Kier alpha value is -4.30. The van der Waals surface area contributed by atoms with Crippen molar-refractivity contribution in [2.45, 2.75) is 38.7 Å². The van der Waals surface area contributed by atoms with E-state index in [0.717, 1.165) is 11.1 Å². The molecule has 1 unspecified atom stereocenters. The topological polar surface area (TPSA) is 44.8 Å². The van der Waals surface area contributed by atoms with Gasteiger partial charge in [0.2, 0.25) is 0 Å². The lowest BCUT2D eigenvalue weighted by molar-refractivity contribution is -0.274. The van der Waals surface area contributed by atoms with Gasteiger partial charge < -0.3 is 14.2 Å². The fourth-order valence-corrected chi connectivity index (χ4v) is 8.28. The summed E-state index contributed by atoms with van der Waals surface area (Å²) in [4.78, 5) is 14.2. The standard InChI is InChI=1S/C34H28F3O4S/c1-22-18-26(42-29-14-5-3-12-27(29)28-13-4-6-15-30(28)42)19-23(2)32(22)39-21-31(38)41-33(16-7-8-17-33)24-10-9-11-25(20-24)40-34(35,36)37/h3-7,9-16,18-20H,8,17,21H2,1-2H3/q+1. The molecule has 0 saturated carbocycles. The lowest BCUT2D eigenvalue weighted by Gasteiger charge is -2.28. The zero-order valence-electron chi connectivity index (χ0n) is 23.0. The molecular weight excluding hydrogens is 561 g/mol. The second-order valence-electron chi connectivity index (χ2n) is 10.4. The van der Waals surface area contributed by atoms with Crippen LogP contribution in [0.3, 0.4) is 0 Å². The van der Waals surface area contributed by atoms with Gasteiger partial charge in [-0.2, -0.15) is 0 Å². The van der Waals surface area contributed by atoms with Gasteiger partial charge in [0.1, 0.15) is 11.5 Å². The number of rotatable bonds is 7. The maximum atomic E-state index is 13.0. The van der Waals surface area contributed by atoms with Gasteiger partial charge in [-0.1, -0.05) is 42.5 Å². The number of allylic oxidation sites excluding steroid dienone is 1. The zero-order valence-corrected chi connectivity index (χ0v) is 23.9. The summed E-state index contributed by atoms with van der Waals surface area (Å²) < 4.78 is 56.9. The van der Waals surface area contributed by atoms with Crippen LogP contribution in [-0.2, 0) is 15.1 Å². The maximum Gasteiger partial charge on any atom is 0.573 e. The summed E-state index contributed by atoms with van der Waals surface area (Å²) >= 11 is 0. The largest absolute Gasteiger partial charge is 0.573 e. The maximum absolute atomic E-state index is 13.0. The Bertz CT molecular complexity index is 1760. The normalized spacial score (nSPS) is 16.7. The SMILES string of the molecule is Cc1cc(-[s+]2c3ccccc3c3ccccc32)cc(C)c1OCC(=O)OC1(c2cccc(OC(F)(F)F)c2)C=CCC1. The summed E-state index contributed by atoms with van der Waals surface area (Å²) in [7, 11) is -0.256. The Morgan fingerprint density at radius 3 is 2.12 bits per heavy atom. The molecule has 1 aromatic heterocycles. The first-order valence-corrected chi connectivity index (χ1v) is 14.8. The molecule has 0 fully saturated rings. The molecule has 0 saturated heterocycles. The molecule has 42 heavy (non-hydrogen) atoms. The summed E-state index contributed by atoms with van der Waals surface area (Å²) in [6.45, 7) is 3.58. The minimum atomic E-state index is -4.82. The van der Waals surface area contributed by atoms with E-state index in [0.29, 0.717) is 24.2 Å². The van der Waals surface area contributed by atoms with E-state index in [9.17, 15) is 18.0 Å². The second kappa shape index (κ2) is 10.8. The molecule has 1 atom stereocenters. The molecule has 6 rings (SSSR count). The third kappa shape index (κ3) is 5.34. The van der Waals surface area contributed by atoms with E-state index in [1.807, 2.05) is 19.9 Å². The second-order valence-corrected chi connectivity index (χ2v) is 12.3. The zero-order chi connectivity index (χ0) is 29.5. The van der Waals surface area contributed by atoms with E-state index in [2.05, 4.69) is 65.4 Å². The van der Waals surface area contributed by atoms with Gasteiger partial charge >= 0.3 is 12.3 Å². The summed E-state index contributed by atoms with van der Waals surface area (Å²) in [5, 5.41) is 2.50. The van der Waals surface area contributed by atoms with Gasteiger partial charge in [0.25, 0.3) is 0 Å². The van der Waals surface area contributed by atoms with E-state index in [1.54, 1.807) is 12.1 Å². The third-order valence-electron chi connectivity index (χ3n) is 7.43. The molecule has 0 spiro atoms. The number of benzene rings is 4. The molecule has 214 valence electrons. The Labute approximate surface area is 243 Å². The van der Waals surface area contributed by atoms with E-state index >= 15 is 0 Å². The number of ether oxygens (including phenoxy) is 3. The molecule has 5 aromatic rings. The molecule has 4 aromatic carbocycles. The first-order valence-electron chi connectivity index (χ1n) is 13.6. The molecule has 4 nitrogen and oxygen atoms in total. The molecule has 0 bridgehead atoms. The molecular formula is C34H28F3O4S+. The van der Waals surface area contributed by atoms with E-state index in [-0.39, 0.29) is 22.8 Å². The van der Waals surface area contributed by atoms with E-state index in [1.165, 1.54) is 43.3 Å². The number of esters is 1. The number of aryl methyl sites for hydroxylation is 2. The lowest BCUT2D eigenvalue weighted by Crippen LogP contribution is -2.31. The molecule has 0 amide bonds. The van der Waals surface area contributed by atoms with Crippen molar-refractivity contribution in [3.8, 4) is 16.4 Å². The molecule has 1 aliphatic carbocycles. The van der Waals surface area contributed by atoms with Crippen molar-refractivity contribution in [2.75, 3.05) is 6.61 Å². The van der Waals surface area contributed by atoms with Gasteiger partial charge in [0.15, 0.2) is 26.5 Å². The van der Waals surface area contributed by atoms with Crippen molar-refractivity contribution in [3.63, 3.8) is 0 Å². The minimum Gasteiger partial charge on any atom is -0.481 e. The fourth-order valence-electron chi connectivity index (χ4n) is 5.72. The lowest BCUT2D eigenvalue weighted by atomic mass is 9.93. The van der Waals surface area contributed by atoms with Gasteiger partial charge in [-0.25, -0.2) is 4.79 Å². The quantitative estimate of drug-likeness (QED) is 0.108. The van der Waals surface area contributed by atoms with Crippen LogP contribution in [0, 0.1) is 13.8 Å². The summed E-state index contributed by atoms with van der Waals surface area (Å²) in [5.74, 6) is -0.379. The van der Waals surface area contributed by atoms with Crippen LogP contribution in [0.15, 0.2) is 97.1 Å². The van der Waals surface area contributed by atoms with Gasteiger partial charge in [-0.3, -0.25) is 0 Å². The monoisotopic (exact) mass is 589 g/mol. The van der Waals surface area contributed by atoms with E-state index < -0.39 is 17.9 Å². The highest BCUT2D eigenvalue weighted by Crippen LogP contribution is 2.49. The highest BCUT2D eigenvalue weighted by molar-refractivity contribution is 7.50. The average molecular weight is 590 g/mol. The van der Waals surface area contributed by atoms with Crippen LogP contribution in [0.25, 0.3) is 25.1 Å². The highest BCUT2D eigenvalue weighted by atomic mass is 32.2. The molecule has 0 N–H and O–H groups in total. The summed E-state index contributed by atoms with van der Waals surface area (Å²) in [5.41, 5.74) is 1.02. The third-order valence-corrected chi connectivity index (χ3v) is 9.73. The molecule has 1 aliphatic rings. The molecule has 8 heteroatoms. The first-order chi connectivity index (χ1) is 20.1. The smallest absolute Gasteiger partial charge is 0.481 e. The van der Waals surface area contributed by atoms with E-state index in [4.69, 9.17) is 9.47 Å². The number of hydrogen-bond acceptors (Lipinski definition) is 4. The van der Waals surface area contributed by atoms with Gasteiger partial charge in [-0.15, -0.1) is 13.2 Å². The molecule has 0 aliphatic heterocycles. The van der Waals surface area contributed by atoms with Crippen LogP contribution in [0.5, 0.6) is 11.5 Å². The predicted octanol–water partition coefficient (Wildman–Crippen LogP) is 9.41. The fraction of sp³-hybridized carbons (Fsp3) is 0.206. The van der Waals surface area contributed by atoms with Crippen molar-refractivity contribution < 1.29 is 32.2 Å². The first kappa shape index (κ1) is 27.8. The van der Waals surface area contributed by atoms with Crippen LogP contribution < -0.4 is 9.47 Å². The van der Waals surface area contributed by atoms with Crippen LogP contribution in [-0.4, -0.2) is 18.9 Å². The number of hydrogen-bond donors (Lipinski definition) is 0. The molecule has 0 radical (unpaired) electrons. The van der Waals surface area contributed by atoms with Crippen LogP contribution in [0.1, 0.15) is 29.5 Å². The number of carbonyl (C=O) groups is 1. The summed E-state index contributed by atoms with van der Waals surface area (Å²) in [6, 6.07) is 26.7. The van der Waals surface area contributed by atoms with Gasteiger partial charge in [-0.05, 0) is 80.3 Å². The number of carbonyl (C=O) groups excluding carboxylic acids is 1. The number of fused-ring (bicyclic) bond motifs is 3. The Kier molecular flexibility index (Phi) is 7.19. The van der Waals surface area contributed by atoms with Crippen LogP contribution in [0.4, 0.5) is 13.2 Å². The van der Waals surface area contributed by atoms with Crippen LogP contribution >= 0.6 is 10.5 Å². The Morgan fingerprint density at radius 2 is 1.52 bits per heavy atom. The summed E-state index contributed by atoms with van der Waals surface area (Å²) in [6.07, 6.45) is -0.240. The average Bonchev–Trinajstić information content (AvgIpc) is 3.55. The highest BCUT2D eigenvalue weighted by Gasteiger charge is 2.38. The van der Waals surface area contributed by atoms with Crippen molar-refractivity contribution in [3.05, 3.63) is 114 Å². The Morgan fingerprint density at radius 1 is 0.881 bits per heavy atom. The Balaban J connectivity index is 1.23. The van der Waals surface area contributed by atoms with Crippen molar-refractivity contribution >= 4 is 36.6 Å². The number of thiophene rings is 1. The van der Waals surface area contributed by atoms with Crippen molar-refractivity contribution in [1.29, 1.82) is 0 Å². The van der Waals surface area contributed by atoms with Crippen LogP contribution in [0.2, 0.25) is 0 Å².